The molecule has 1 aromatic carbocycles. The molecule has 1 amide bonds. The van der Waals surface area contributed by atoms with Gasteiger partial charge in [0.2, 0.25) is 0 Å². The minimum absolute atomic E-state index is 0.0910. The number of amides is 1. The van der Waals surface area contributed by atoms with Crippen LogP contribution in [0.4, 0.5) is 13.2 Å². The van der Waals surface area contributed by atoms with Crippen molar-refractivity contribution in [2.75, 3.05) is 19.6 Å². The average molecular weight is 463 g/mol. The summed E-state index contributed by atoms with van der Waals surface area (Å²) in [6.45, 7) is 4.57. The topological polar surface area (TPSA) is 67.4 Å². The average Bonchev–Trinajstić information content (AvgIpc) is 2.77. The maximum Gasteiger partial charge on any atom is 0.258 e. The van der Waals surface area contributed by atoms with Gasteiger partial charge in [0.15, 0.2) is 5.75 Å². The second-order valence-corrected chi connectivity index (χ2v) is 9.31. The van der Waals surface area contributed by atoms with Crippen molar-refractivity contribution >= 4 is 5.91 Å². The predicted octanol–water partition coefficient (Wildman–Crippen LogP) is 4.77. The van der Waals surface area contributed by atoms with E-state index in [-0.39, 0.29) is 17.2 Å². The number of alkyl halides is 2. The third kappa shape index (κ3) is 5.13. The van der Waals surface area contributed by atoms with Crippen LogP contribution in [0, 0.1) is 11.2 Å². The number of carbonyl (C=O) groups is 1. The molecule has 4 rings (SSSR count). The Labute approximate surface area is 191 Å². The molecule has 33 heavy (non-hydrogen) atoms. The van der Waals surface area contributed by atoms with Crippen LogP contribution in [-0.2, 0) is 0 Å². The fourth-order valence-electron chi connectivity index (χ4n) is 4.96. The second kappa shape index (κ2) is 9.67. The summed E-state index contributed by atoms with van der Waals surface area (Å²) in [5.74, 6) is -0.657. The van der Waals surface area contributed by atoms with Crippen molar-refractivity contribution < 1.29 is 22.7 Å². The summed E-state index contributed by atoms with van der Waals surface area (Å²) in [4.78, 5) is 22.6. The Morgan fingerprint density at radius 3 is 2.64 bits per heavy atom. The smallest absolute Gasteiger partial charge is 0.258 e. The van der Waals surface area contributed by atoms with E-state index in [2.05, 4.69) is 15.3 Å². The largest absolute Gasteiger partial charge is 0.453 e. The van der Waals surface area contributed by atoms with Gasteiger partial charge in [-0.05, 0) is 76.2 Å². The summed E-state index contributed by atoms with van der Waals surface area (Å²) in [5.41, 5.74) is 0.982. The van der Waals surface area contributed by atoms with Crippen LogP contribution < -0.4 is 10.1 Å². The van der Waals surface area contributed by atoms with E-state index >= 15 is 0 Å². The van der Waals surface area contributed by atoms with Crippen LogP contribution in [0.3, 0.4) is 0 Å². The van der Waals surface area contributed by atoms with Gasteiger partial charge in [-0.25, -0.2) is 23.1 Å². The second-order valence-electron chi connectivity index (χ2n) is 9.31. The standard InChI is InChI=1S/C24H29F3N4O2/c1-15(2)31(13-21(26)27)23(32)18-9-17(25)3-4-19(18)33-20-12-29-14-30-22(20)16-10-24(11-16)5-7-28-8-6-24/h3-4,9,12,14-16,21,28H,5-8,10-11,13H2,1-2H3. The monoisotopic (exact) mass is 462 g/mol. The number of hydrogen-bond donors (Lipinski definition) is 1. The highest BCUT2D eigenvalue weighted by molar-refractivity contribution is 5.97. The summed E-state index contributed by atoms with van der Waals surface area (Å²) in [7, 11) is 0. The van der Waals surface area contributed by atoms with E-state index in [9.17, 15) is 18.0 Å². The van der Waals surface area contributed by atoms with Crippen LogP contribution in [0.25, 0.3) is 0 Å². The van der Waals surface area contributed by atoms with Gasteiger partial charge in [0, 0.05) is 12.0 Å². The molecule has 2 aliphatic rings. The zero-order valence-corrected chi connectivity index (χ0v) is 18.9. The van der Waals surface area contributed by atoms with Crippen molar-refractivity contribution in [3.05, 3.63) is 47.8 Å². The number of halogens is 3. The van der Waals surface area contributed by atoms with E-state index in [1.54, 1.807) is 13.8 Å². The molecule has 1 aromatic heterocycles. The quantitative estimate of drug-likeness (QED) is 0.642. The number of rotatable bonds is 7. The van der Waals surface area contributed by atoms with Gasteiger partial charge in [0.25, 0.3) is 12.3 Å². The zero-order valence-electron chi connectivity index (χ0n) is 18.9. The molecule has 9 heteroatoms. The van der Waals surface area contributed by atoms with Gasteiger partial charge >= 0.3 is 0 Å². The zero-order chi connectivity index (χ0) is 23.6. The van der Waals surface area contributed by atoms with E-state index < -0.39 is 30.7 Å². The molecule has 178 valence electrons. The van der Waals surface area contributed by atoms with Crippen LogP contribution in [0.15, 0.2) is 30.7 Å². The lowest BCUT2D eigenvalue weighted by atomic mass is 9.57. The summed E-state index contributed by atoms with van der Waals surface area (Å²) in [6.07, 6.45) is 4.58. The summed E-state index contributed by atoms with van der Waals surface area (Å²) >= 11 is 0. The molecule has 2 heterocycles. The van der Waals surface area contributed by atoms with Gasteiger partial charge < -0.3 is 15.0 Å². The molecule has 0 bridgehead atoms. The molecule has 0 radical (unpaired) electrons. The fourth-order valence-corrected chi connectivity index (χ4v) is 4.96. The van der Waals surface area contributed by atoms with Crippen LogP contribution in [0.2, 0.25) is 0 Å². The first-order valence-electron chi connectivity index (χ1n) is 11.4. The van der Waals surface area contributed by atoms with Crippen LogP contribution in [0.1, 0.15) is 61.5 Å². The fraction of sp³-hybridized carbons (Fsp3) is 0.542. The van der Waals surface area contributed by atoms with Crippen molar-refractivity contribution in [3.8, 4) is 11.5 Å². The van der Waals surface area contributed by atoms with Crippen LogP contribution in [0.5, 0.6) is 11.5 Å². The van der Waals surface area contributed by atoms with Crippen LogP contribution >= 0.6 is 0 Å². The van der Waals surface area contributed by atoms with Gasteiger partial charge in [0.05, 0.1) is 24.0 Å². The Morgan fingerprint density at radius 1 is 1.24 bits per heavy atom. The summed E-state index contributed by atoms with van der Waals surface area (Å²) in [6, 6.07) is 3.05. The van der Waals surface area contributed by atoms with Gasteiger partial charge in [-0.15, -0.1) is 0 Å². The van der Waals surface area contributed by atoms with Crippen molar-refractivity contribution in [1.29, 1.82) is 0 Å². The van der Waals surface area contributed by atoms with E-state index in [1.165, 1.54) is 24.7 Å². The predicted molar refractivity (Wildman–Crippen MR) is 117 cm³/mol. The molecule has 6 nitrogen and oxygen atoms in total. The number of piperidine rings is 1. The Morgan fingerprint density at radius 2 is 1.97 bits per heavy atom. The Bertz CT molecular complexity index is 987. The highest BCUT2D eigenvalue weighted by Crippen LogP contribution is 2.56. The summed E-state index contributed by atoms with van der Waals surface area (Å²) < 4.78 is 46.2. The SMILES string of the molecule is CC(C)N(CC(F)F)C(=O)c1cc(F)ccc1Oc1cncnc1C1CC2(CCNCC2)C1. The molecule has 1 spiro atoms. The third-order valence-electron chi connectivity index (χ3n) is 6.73. The van der Waals surface area contributed by atoms with Gasteiger partial charge in [0.1, 0.15) is 17.9 Å². The number of benzene rings is 1. The molecule has 0 unspecified atom stereocenters. The van der Waals surface area contributed by atoms with Gasteiger partial charge in [-0.2, -0.15) is 0 Å². The first-order chi connectivity index (χ1) is 15.8. The molecule has 2 fully saturated rings. The lowest BCUT2D eigenvalue weighted by Gasteiger charge is -2.50. The minimum Gasteiger partial charge on any atom is -0.453 e. The van der Waals surface area contributed by atoms with Crippen molar-refractivity contribution in [2.24, 2.45) is 5.41 Å². The molecule has 1 aliphatic carbocycles. The lowest BCUT2D eigenvalue weighted by Crippen LogP contribution is -2.44. The van der Waals surface area contributed by atoms with Crippen molar-refractivity contribution in [2.45, 2.75) is 57.9 Å². The molecule has 1 aliphatic heterocycles. The molecule has 2 aromatic rings. The Balaban J connectivity index is 1.59. The minimum atomic E-state index is -2.70. The first-order valence-corrected chi connectivity index (χ1v) is 11.4. The van der Waals surface area contributed by atoms with E-state index in [1.807, 2.05) is 0 Å². The Kier molecular flexibility index (Phi) is 6.88. The summed E-state index contributed by atoms with van der Waals surface area (Å²) in [5, 5.41) is 3.39. The number of carbonyl (C=O) groups excluding carboxylic acids is 1. The van der Waals surface area contributed by atoms with Gasteiger partial charge in [-0.1, -0.05) is 0 Å². The van der Waals surface area contributed by atoms with E-state index in [0.29, 0.717) is 11.2 Å². The van der Waals surface area contributed by atoms with Crippen LogP contribution in [-0.4, -0.2) is 52.9 Å². The molecular formula is C24H29F3N4O2. The van der Waals surface area contributed by atoms with Crippen molar-refractivity contribution in [1.82, 2.24) is 20.2 Å². The number of hydrogen-bond acceptors (Lipinski definition) is 5. The molecule has 1 N–H and O–H groups in total. The van der Waals surface area contributed by atoms with Crippen molar-refractivity contribution in [3.63, 3.8) is 0 Å². The van der Waals surface area contributed by atoms with Gasteiger partial charge in [-0.3, -0.25) is 4.79 Å². The molecule has 0 atom stereocenters. The maximum absolute atomic E-state index is 14.0. The number of aromatic nitrogens is 2. The maximum atomic E-state index is 14.0. The number of nitrogens with zero attached hydrogens (tertiary/aromatic N) is 3. The third-order valence-corrected chi connectivity index (χ3v) is 6.73. The normalized spacial score (nSPS) is 17.9. The van der Waals surface area contributed by atoms with E-state index in [0.717, 1.165) is 55.4 Å². The molecular weight excluding hydrogens is 433 g/mol. The Hall–Kier alpha value is -2.68. The lowest BCUT2D eigenvalue weighted by molar-refractivity contribution is 0.0473. The molecule has 1 saturated heterocycles. The number of ether oxygens (including phenoxy) is 1. The van der Waals surface area contributed by atoms with E-state index in [4.69, 9.17) is 4.74 Å². The first kappa shape index (κ1) is 23.5. The number of nitrogens with one attached hydrogen (secondary N) is 1. The highest BCUT2D eigenvalue weighted by atomic mass is 19.3. The highest BCUT2D eigenvalue weighted by Gasteiger charge is 2.46. The molecule has 1 saturated carbocycles.